The number of hydrogen-bond acceptors (Lipinski definition) is 3. The van der Waals surface area contributed by atoms with Crippen molar-refractivity contribution in [1.82, 2.24) is 4.90 Å². The number of hydrogen-bond donors (Lipinski definition) is 1. The van der Waals surface area contributed by atoms with Gasteiger partial charge < -0.3 is 14.7 Å². The molecule has 22 heavy (non-hydrogen) atoms. The predicted octanol–water partition coefficient (Wildman–Crippen LogP) is 1.95. The van der Waals surface area contributed by atoms with Crippen LogP contribution in [0.4, 0.5) is 0 Å². The van der Waals surface area contributed by atoms with Crippen LogP contribution in [0.25, 0.3) is 0 Å². The van der Waals surface area contributed by atoms with E-state index in [9.17, 15) is 14.7 Å². The summed E-state index contributed by atoms with van der Waals surface area (Å²) in [5, 5.41) is 9.23. The molecule has 1 unspecified atom stereocenters. The third-order valence-corrected chi connectivity index (χ3v) is 4.38. The molecular weight excluding hydrogens is 282 g/mol. The Balaban J connectivity index is 1.70. The molecule has 2 aliphatic rings. The van der Waals surface area contributed by atoms with Gasteiger partial charge >= 0.3 is 5.97 Å². The predicted molar refractivity (Wildman–Crippen MR) is 80.8 cm³/mol. The average Bonchev–Trinajstić information content (AvgIpc) is 3.21. The summed E-state index contributed by atoms with van der Waals surface area (Å²) in [6, 6.07) is 7.08. The minimum absolute atomic E-state index is 0.0306. The minimum Gasteiger partial charge on any atom is -0.478 e. The van der Waals surface area contributed by atoms with Crippen molar-refractivity contribution in [2.75, 3.05) is 19.8 Å². The smallest absolute Gasteiger partial charge is 0.335 e. The number of rotatable bonds is 6. The van der Waals surface area contributed by atoms with E-state index in [1.165, 1.54) is 0 Å². The summed E-state index contributed by atoms with van der Waals surface area (Å²) < 4.78 is 5.39. The molecule has 1 saturated heterocycles. The SMILES string of the molecule is O=C(O)c1ccccc1CC(=O)N(CC1CCOC1)C1CC1. The Bertz CT molecular complexity index is 562. The molecule has 1 aliphatic heterocycles. The number of aromatic carboxylic acids is 1. The Hall–Kier alpha value is -1.88. The Kier molecular flexibility index (Phi) is 4.43. The first kappa shape index (κ1) is 15.0. The van der Waals surface area contributed by atoms with E-state index < -0.39 is 5.97 Å². The molecule has 1 aliphatic carbocycles. The first-order valence-corrected chi connectivity index (χ1v) is 7.83. The molecule has 0 aromatic heterocycles. The van der Waals surface area contributed by atoms with Gasteiger partial charge in [-0.15, -0.1) is 0 Å². The third kappa shape index (κ3) is 3.47. The average molecular weight is 303 g/mol. The lowest BCUT2D eigenvalue weighted by atomic mass is 10.0. The molecule has 1 amide bonds. The second-order valence-electron chi connectivity index (χ2n) is 6.15. The molecule has 1 aromatic rings. The fraction of sp³-hybridized carbons (Fsp3) is 0.529. The van der Waals surface area contributed by atoms with Crippen LogP contribution in [0, 0.1) is 5.92 Å². The summed E-state index contributed by atoms with van der Waals surface area (Å²) in [5.74, 6) is -0.534. The Morgan fingerprint density at radius 3 is 2.64 bits per heavy atom. The molecular formula is C17H21NO4. The lowest BCUT2D eigenvalue weighted by molar-refractivity contribution is -0.131. The van der Waals surface area contributed by atoms with E-state index >= 15 is 0 Å². The topological polar surface area (TPSA) is 66.8 Å². The molecule has 1 atom stereocenters. The first-order chi connectivity index (χ1) is 10.6. The monoisotopic (exact) mass is 303 g/mol. The quantitative estimate of drug-likeness (QED) is 0.872. The van der Waals surface area contributed by atoms with Crippen molar-refractivity contribution in [3.05, 3.63) is 35.4 Å². The van der Waals surface area contributed by atoms with Gasteiger partial charge in [-0.1, -0.05) is 18.2 Å². The molecule has 2 fully saturated rings. The van der Waals surface area contributed by atoms with E-state index in [0.717, 1.165) is 39.0 Å². The van der Waals surface area contributed by atoms with Crippen LogP contribution in [0.2, 0.25) is 0 Å². The zero-order valence-electron chi connectivity index (χ0n) is 12.5. The number of benzene rings is 1. The molecule has 0 bridgehead atoms. The molecule has 1 N–H and O–H groups in total. The summed E-state index contributed by atoms with van der Waals surface area (Å²) in [5.41, 5.74) is 0.809. The lowest BCUT2D eigenvalue weighted by Crippen LogP contribution is -2.38. The second kappa shape index (κ2) is 6.48. The maximum Gasteiger partial charge on any atom is 0.335 e. The maximum absolute atomic E-state index is 12.6. The molecule has 3 rings (SSSR count). The summed E-state index contributed by atoms with van der Waals surface area (Å²) >= 11 is 0. The zero-order valence-corrected chi connectivity index (χ0v) is 12.5. The van der Waals surface area contributed by atoms with Crippen LogP contribution >= 0.6 is 0 Å². The van der Waals surface area contributed by atoms with E-state index in [1.54, 1.807) is 24.3 Å². The Morgan fingerprint density at radius 1 is 1.23 bits per heavy atom. The van der Waals surface area contributed by atoms with Gasteiger partial charge in [-0.25, -0.2) is 4.79 Å². The van der Waals surface area contributed by atoms with Gasteiger partial charge in [0.1, 0.15) is 0 Å². The Labute approximate surface area is 129 Å². The fourth-order valence-corrected chi connectivity index (χ4v) is 2.99. The number of carbonyl (C=O) groups is 2. The van der Waals surface area contributed by atoms with Gasteiger partial charge in [0.2, 0.25) is 5.91 Å². The van der Waals surface area contributed by atoms with Crippen LogP contribution in [-0.4, -0.2) is 47.7 Å². The summed E-state index contributed by atoms with van der Waals surface area (Å²) in [6.07, 6.45) is 3.27. The van der Waals surface area contributed by atoms with Gasteiger partial charge in [0.25, 0.3) is 0 Å². The molecule has 5 heteroatoms. The van der Waals surface area contributed by atoms with Crippen LogP contribution in [0.15, 0.2) is 24.3 Å². The molecule has 0 spiro atoms. The standard InChI is InChI=1S/C17H21NO4/c19-16(9-13-3-1-2-4-15(13)17(20)21)18(14-5-6-14)10-12-7-8-22-11-12/h1-4,12,14H,5-11H2,(H,20,21). The third-order valence-electron chi connectivity index (χ3n) is 4.38. The Morgan fingerprint density at radius 2 is 2.00 bits per heavy atom. The molecule has 5 nitrogen and oxygen atoms in total. The van der Waals surface area contributed by atoms with Crippen LogP contribution < -0.4 is 0 Å². The number of carboxylic acid groups (broad SMARTS) is 1. The lowest BCUT2D eigenvalue weighted by Gasteiger charge is -2.25. The van der Waals surface area contributed by atoms with Gasteiger partial charge in [-0.3, -0.25) is 4.79 Å². The molecule has 118 valence electrons. The molecule has 0 radical (unpaired) electrons. The highest BCUT2D eigenvalue weighted by Crippen LogP contribution is 2.29. The van der Waals surface area contributed by atoms with E-state index in [4.69, 9.17) is 4.74 Å². The van der Waals surface area contributed by atoms with Gasteiger partial charge in [0, 0.05) is 25.1 Å². The number of amides is 1. The first-order valence-electron chi connectivity index (χ1n) is 7.83. The van der Waals surface area contributed by atoms with Crippen LogP contribution in [0.5, 0.6) is 0 Å². The molecule has 1 aromatic carbocycles. The van der Waals surface area contributed by atoms with E-state index in [-0.39, 0.29) is 17.9 Å². The highest BCUT2D eigenvalue weighted by Gasteiger charge is 2.34. The summed E-state index contributed by atoms with van der Waals surface area (Å²) in [4.78, 5) is 25.8. The van der Waals surface area contributed by atoms with Gasteiger partial charge in [-0.05, 0) is 30.9 Å². The van der Waals surface area contributed by atoms with Crippen molar-refractivity contribution in [1.29, 1.82) is 0 Å². The van der Waals surface area contributed by atoms with Gasteiger partial charge in [0.15, 0.2) is 0 Å². The van der Waals surface area contributed by atoms with Crippen LogP contribution in [0.3, 0.4) is 0 Å². The van der Waals surface area contributed by atoms with Gasteiger partial charge in [0.05, 0.1) is 18.6 Å². The van der Waals surface area contributed by atoms with Crippen LogP contribution in [0.1, 0.15) is 35.2 Å². The van der Waals surface area contributed by atoms with Gasteiger partial charge in [-0.2, -0.15) is 0 Å². The largest absolute Gasteiger partial charge is 0.478 e. The second-order valence-corrected chi connectivity index (χ2v) is 6.15. The molecule has 1 heterocycles. The van der Waals surface area contributed by atoms with Crippen molar-refractivity contribution >= 4 is 11.9 Å². The molecule has 1 saturated carbocycles. The summed E-state index contributed by atoms with van der Waals surface area (Å²) in [6.45, 7) is 2.24. The summed E-state index contributed by atoms with van der Waals surface area (Å²) in [7, 11) is 0. The van der Waals surface area contributed by atoms with Crippen molar-refractivity contribution in [2.24, 2.45) is 5.92 Å². The van der Waals surface area contributed by atoms with Crippen molar-refractivity contribution in [3.63, 3.8) is 0 Å². The van der Waals surface area contributed by atoms with Crippen molar-refractivity contribution in [3.8, 4) is 0 Å². The highest BCUT2D eigenvalue weighted by atomic mass is 16.5. The highest BCUT2D eigenvalue weighted by molar-refractivity contribution is 5.91. The maximum atomic E-state index is 12.6. The number of carboxylic acids is 1. The number of nitrogens with zero attached hydrogens (tertiary/aromatic N) is 1. The van der Waals surface area contributed by atoms with Crippen molar-refractivity contribution in [2.45, 2.75) is 31.7 Å². The number of ether oxygens (including phenoxy) is 1. The normalized spacial score (nSPS) is 20.8. The zero-order chi connectivity index (χ0) is 15.5. The number of carbonyl (C=O) groups excluding carboxylic acids is 1. The van der Waals surface area contributed by atoms with E-state index in [2.05, 4.69) is 0 Å². The van der Waals surface area contributed by atoms with E-state index in [0.29, 0.717) is 17.5 Å². The van der Waals surface area contributed by atoms with Crippen LogP contribution in [-0.2, 0) is 16.0 Å². The fourth-order valence-electron chi connectivity index (χ4n) is 2.99. The van der Waals surface area contributed by atoms with Crippen molar-refractivity contribution < 1.29 is 19.4 Å². The minimum atomic E-state index is -0.981. The van der Waals surface area contributed by atoms with E-state index in [1.807, 2.05) is 4.90 Å².